The minimum Gasteiger partial charge on any atom is -0.495 e. The van der Waals surface area contributed by atoms with Gasteiger partial charge in [-0.25, -0.2) is 0 Å². The molecule has 0 amide bonds. The van der Waals surface area contributed by atoms with Crippen LogP contribution in [0, 0.1) is 6.07 Å². The summed E-state index contributed by atoms with van der Waals surface area (Å²) in [5.41, 5.74) is 1.94. The molecule has 0 saturated carbocycles. The Morgan fingerprint density at radius 3 is 3.08 bits per heavy atom. The number of methoxy groups -OCH3 is 1. The molecule has 0 bridgehead atoms. The molecule has 2 rings (SSSR count). The number of hydrogen-bond donors (Lipinski definition) is 0. The third kappa shape index (κ3) is 1.55. The molecule has 3 heteroatoms. The molecule has 0 unspecified atom stereocenters. The van der Waals surface area contributed by atoms with E-state index >= 15 is 0 Å². The third-order valence-electron chi connectivity index (χ3n) is 1.74. The maximum Gasteiger partial charge on any atom is 0.136 e. The predicted molar refractivity (Wildman–Crippen MR) is 52.9 cm³/mol. The first-order valence-electron chi connectivity index (χ1n) is 3.87. The summed E-state index contributed by atoms with van der Waals surface area (Å²) < 4.78 is 9.41. The van der Waals surface area contributed by atoms with Crippen LogP contribution in [0.25, 0.3) is 11.3 Å². The maximum atomic E-state index is 5.18. The third-order valence-corrected chi connectivity index (χ3v) is 2.30. The summed E-state index contributed by atoms with van der Waals surface area (Å²) in [6, 6.07) is 10.7. The monoisotopic (exact) mass is 190 g/mol. The fourth-order valence-electron chi connectivity index (χ4n) is 1.14. The average Bonchev–Trinajstić information content (AvgIpc) is 2.70. The van der Waals surface area contributed by atoms with Crippen molar-refractivity contribution in [1.29, 1.82) is 0 Å². The van der Waals surface area contributed by atoms with Crippen molar-refractivity contribution in [2.75, 3.05) is 7.11 Å². The number of rotatable bonds is 2. The molecule has 0 atom stereocenters. The van der Waals surface area contributed by atoms with Gasteiger partial charge in [0, 0.05) is 17.0 Å². The Kier molecular flexibility index (Phi) is 2.27. The van der Waals surface area contributed by atoms with Crippen LogP contribution in [0.4, 0.5) is 0 Å². The second kappa shape index (κ2) is 3.58. The highest BCUT2D eigenvalue weighted by atomic mass is 32.1. The van der Waals surface area contributed by atoms with Crippen molar-refractivity contribution in [1.82, 2.24) is 4.37 Å². The molecule has 1 heterocycles. The van der Waals surface area contributed by atoms with Crippen molar-refractivity contribution in [3.63, 3.8) is 0 Å². The Morgan fingerprint density at radius 1 is 1.46 bits per heavy atom. The minimum atomic E-state index is 0.744. The number of hydrogen-bond acceptors (Lipinski definition) is 3. The highest BCUT2D eigenvalue weighted by Crippen LogP contribution is 2.27. The molecule has 1 aromatic heterocycles. The largest absolute Gasteiger partial charge is 0.495 e. The van der Waals surface area contributed by atoms with Crippen LogP contribution in [-0.2, 0) is 0 Å². The van der Waals surface area contributed by atoms with Gasteiger partial charge in [0.1, 0.15) is 5.75 Å². The van der Waals surface area contributed by atoms with E-state index in [0.717, 1.165) is 17.0 Å². The molecule has 0 fully saturated rings. The summed E-state index contributed by atoms with van der Waals surface area (Å²) in [6.07, 6.45) is 0. The van der Waals surface area contributed by atoms with Gasteiger partial charge in [0.15, 0.2) is 0 Å². The van der Waals surface area contributed by atoms with Gasteiger partial charge in [0.25, 0.3) is 0 Å². The topological polar surface area (TPSA) is 22.1 Å². The molecule has 13 heavy (non-hydrogen) atoms. The zero-order valence-corrected chi connectivity index (χ0v) is 7.97. The second-order valence-corrected chi connectivity index (χ2v) is 3.17. The molecule has 2 nitrogen and oxygen atoms in total. The molecular formula is C10H8NOS. The lowest BCUT2D eigenvalue weighted by Gasteiger charge is -2.03. The molecule has 1 radical (unpaired) electrons. The van der Waals surface area contributed by atoms with E-state index in [1.165, 1.54) is 11.5 Å². The average molecular weight is 190 g/mol. The molecule has 0 N–H and O–H groups in total. The Morgan fingerprint density at radius 2 is 2.38 bits per heavy atom. The van der Waals surface area contributed by atoms with E-state index in [2.05, 4.69) is 10.4 Å². The second-order valence-electron chi connectivity index (χ2n) is 2.50. The Bertz CT molecular complexity index is 384. The van der Waals surface area contributed by atoms with E-state index < -0.39 is 0 Å². The van der Waals surface area contributed by atoms with Crippen LogP contribution >= 0.6 is 11.5 Å². The summed E-state index contributed by atoms with van der Waals surface area (Å²) in [5, 5.41) is 1.95. The van der Waals surface area contributed by atoms with Gasteiger partial charge in [-0.2, -0.15) is 4.37 Å². The highest BCUT2D eigenvalue weighted by Gasteiger charge is 2.05. The summed E-state index contributed by atoms with van der Waals surface area (Å²) in [5.74, 6) is 0.744. The SMILES string of the molecule is COc1[c]cccc1-c1ccsn1. The van der Waals surface area contributed by atoms with Gasteiger partial charge in [-0.05, 0) is 23.7 Å². The van der Waals surface area contributed by atoms with Crippen molar-refractivity contribution < 1.29 is 4.74 Å². The number of aromatic nitrogens is 1. The van der Waals surface area contributed by atoms with Crippen molar-refractivity contribution in [2.45, 2.75) is 0 Å². The van der Waals surface area contributed by atoms with Crippen LogP contribution in [0.15, 0.2) is 29.6 Å². The van der Waals surface area contributed by atoms with Gasteiger partial charge in [0.2, 0.25) is 0 Å². The number of ether oxygens (including phenoxy) is 1. The molecule has 0 spiro atoms. The fraction of sp³-hybridized carbons (Fsp3) is 0.100. The Labute approximate surface area is 81.0 Å². The maximum absolute atomic E-state index is 5.18. The molecule has 0 aliphatic heterocycles. The Balaban J connectivity index is 2.51. The molecule has 0 aliphatic rings. The first-order chi connectivity index (χ1) is 6.42. The number of para-hydroxylation sites is 1. The van der Waals surface area contributed by atoms with Gasteiger partial charge >= 0.3 is 0 Å². The van der Waals surface area contributed by atoms with E-state index in [1.807, 2.05) is 29.6 Å². The first kappa shape index (κ1) is 8.26. The van der Waals surface area contributed by atoms with E-state index in [1.54, 1.807) is 7.11 Å². The molecule has 1 aromatic carbocycles. The lowest BCUT2D eigenvalue weighted by molar-refractivity contribution is 0.415. The molecule has 0 aliphatic carbocycles. The first-order valence-corrected chi connectivity index (χ1v) is 4.71. The van der Waals surface area contributed by atoms with Gasteiger partial charge < -0.3 is 4.74 Å². The summed E-state index contributed by atoms with van der Waals surface area (Å²) >= 11 is 1.43. The van der Waals surface area contributed by atoms with Crippen molar-refractivity contribution in [3.8, 4) is 17.0 Å². The standard InChI is InChI=1S/C10H8NOS/c1-12-10-5-3-2-4-8(10)9-6-7-13-11-9/h2-4,6-7H,1H3. The zero-order valence-electron chi connectivity index (χ0n) is 7.15. The van der Waals surface area contributed by atoms with Crippen molar-refractivity contribution in [2.24, 2.45) is 0 Å². The molecule has 65 valence electrons. The number of nitrogens with zero attached hydrogens (tertiary/aromatic N) is 1. The summed E-state index contributed by atoms with van der Waals surface area (Å²) in [6.45, 7) is 0. The van der Waals surface area contributed by atoms with Gasteiger partial charge in [-0.1, -0.05) is 12.1 Å². The molecular weight excluding hydrogens is 182 g/mol. The highest BCUT2D eigenvalue weighted by molar-refractivity contribution is 7.03. The van der Waals surface area contributed by atoms with Gasteiger partial charge in [0.05, 0.1) is 12.8 Å². The lowest BCUT2D eigenvalue weighted by Crippen LogP contribution is -1.86. The predicted octanol–water partition coefficient (Wildman–Crippen LogP) is 2.62. The van der Waals surface area contributed by atoms with E-state index in [0.29, 0.717) is 0 Å². The number of benzene rings is 1. The van der Waals surface area contributed by atoms with Crippen molar-refractivity contribution in [3.05, 3.63) is 35.7 Å². The van der Waals surface area contributed by atoms with Crippen LogP contribution in [0.2, 0.25) is 0 Å². The summed E-state index contributed by atoms with van der Waals surface area (Å²) in [7, 11) is 1.64. The zero-order chi connectivity index (χ0) is 9.10. The molecule has 2 aromatic rings. The van der Waals surface area contributed by atoms with Crippen LogP contribution in [0.5, 0.6) is 5.75 Å². The summed E-state index contributed by atoms with van der Waals surface area (Å²) in [4.78, 5) is 0. The van der Waals surface area contributed by atoms with E-state index in [9.17, 15) is 0 Å². The lowest BCUT2D eigenvalue weighted by atomic mass is 10.1. The van der Waals surface area contributed by atoms with Gasteiger partial charge in [-0.3, -0.25) is 0 Å². The van der Waals surface area contributed by atoms with Gasteiger partial charge in [-0.15, -0.1) is 0 Å². The van der Waals surface area contributed by atoms with E-state index in [-0.39, 0.29) is 0 Å². The normalized spacial score (nSPS) is 9.92. The van der Waals surface area contributed by atoms with E-state index in [4.69, 9.17) is 4.74 Å². The fourth-order valence-corrected chi connectivity index (χ4v) is 1.67. The van der Waals surface area contributed by atoms with Crippen LogP contribution < -0.4 is 4.74 Å². The van der Waals surface area contributed by atoms with Crippen molar-refractivity contribution >= 4 is 11.5 Å². The molecule has 0 saturated heterocycles. The van der Waals surface area contributed by atoms with Crippen LogP contribution in [0.3, 0.4) is 0 Å². The minimum absolute atomic E-state index is 0.744. The quantitative estimate of drug-likeness (QED) is 0.726. The van der Waals surface area contributed by atoms with Crippen LogP contribution in [0.1, 0.15) is 0 Å². The van der Waals surface area contributed by atoms with Crippen LogP contribution in [-0.4, -0.2) is 11.5 Å². The smallest absolute Gasteiger partial charge is 0.136 e. The Hall–Kier alpha value is -1.35.